The van der Waals surface area contributed by atoms with Gasteiger partial charge < -0.3 is 0 Å². The summed E-state index contributed by atoms with van der Waals surface area (Å²) < 4.78 is 15.2. The van der Waals surface area contributed by atoms with Gasteiger partial charge in [0, 0.05) is 4.91 Å². The molecule has 0 spiro atoms. The van der Waals surface area contributed by atoms with Crippen molar-refractivity contribution in [3.05, 3.63) is 65.1 Å². The van der Waals surface area contributed by atoms with E-state index in [1.54, 1.807) is 11.8 Å². The Morgan fingerprint density at radius 1 is 1.32 bits per heavy atom. The van der Waals surface area contributed by atoms with Crippen LogP contribution in [0, 0.1) is 5.92 Å². The molecule has 1 aliphatic heterocycles. The molecule has 2 rings (SSSR count). The van der Waals surface area contributed by atoms with Crippen LogP contribution in [0.15, 0.2) is 54.0 Å². The Morgan fingerprint density at radius 2 is 1.96 bits per heavy atom. The van der Waals surface area contributed by atoms with E-state index in [1.807, 2.05) is 26.8 Å². The maximum Gasteiger partial charge on any atom is 0.0978 e. The number of rotatable bonds is 6. The van der Waals surface area contributed by atoms with E-state index in [1.165, 1.54) is 16.0 Å². The standard InChI is InChI=1S/C21H29NOS2/c1-7-16-13-14-24-20(15(16)3)18-11-9-17(10-12-18)19(8-2)22-25(23)21(4,5)6/h8-14,16,19,22H,2,7H2,1,3-6H3/t16?,19-,25+/m0/s1. The van der Waals surface area contributed by atoms with Crippen LogP contribution in [0.3, 0.4) is 0 Å². The average Bonchev–Trinajstić information content (AvgIpc) is 2.59. The Bertz CT molecular complexity index is 696. The fourth-order valence-corrected chi connectivity index (χ4v) is 4.56. The zero-order valence-corrected chi connectivity index (χ0v) is 17.5. The molecule has 1 unspecified atom stereocenters. The van der Waals surface area contributed by atoms with Crippen LogP contribution < -0.4 is 4.72 Å². The monoisotopic (exact) mass is 375 g/mol. The molecule has 136 valence electrons. The van der Waals surface area contributed by atoms with Crippen LogP contribution >= 0.6 is 11.8 Å². The van der Waals surface area contributed by atoms with Gasteiger partial charge in [0.1, 0.15) is 0 Å². The van der Waals surface area contributed by atoms with Crippen molar-refractivity contribution in [3.8, 4) is 0 Å². The summed E-state index contributed by atoms with van der Waals surface area (Å²) in [7, 11) is -1.13. The topological polar surface area (TPSA) is 29.1 Å². The molecule has 25 heavy (non-hydrogen) atoms. The Kier molecular flexibility index (Phi) is 6.89. The van der Waals surface area contributed by atoms with Crippen molar-refractivity contribution in [2.24, 2.45) is 5.92 Å². The molecule has 0 amide bonds. The summed E-state index contributed by atoms with van der Waals surface area (Å²) in [5, 5.41) is 2.20. The van der Waals surface area contributed by atoms with Gasteiger partial charge in [-0.2, -0.15) is 0 Å². The van der Waals surface area contributed by atoms with Crippen molar-refractivity contribution in [2.75, 3.05) is 0 Å². The number of allylic oxidation sites excluding steroid dienone is 2. The van der Waals surface area contributed by atoms with Crippen LogP contribution in [-0.2, 0) is 11.0 Å². The van der Waals surface area contributed by atoms with E-state index >= 15 is 0 Å². The fraction of sp³-hybridized carbons (Fsp3) is 0.429. The van der Waals surface area contributed by atoms with Crippen molar-refractivity contribution in [3.63, 3.8) is 0 Å². The van der Waals surface area contributed by atoms with Gasteiger partial charge >= 0.3 is 0 Å². The summed E-state index contributed by atoms with van der Waals surface area (Å²) >= 11 is 1.79. The highest BCUT2D eigenvalue weighted by molar-refractivity contribution is 8.11. The molecule has 2 nitrogen and oxygen atoms in total. The van der Waals surface area contributed by atoms with Crippen LogP contribution in [0.2, 0.25) is 0 Å². The second-order valence-electron chi connectivity index (χ2n) is 7.31. The molecule has 1 aromatic rings. The van der Waals surface area contributed by atoms with Gasteiger partial charge in [-0.15, -0.1) is 6.58 Å². The number of thioether (sulfide) groups is 1. The lowest BCUT2D eigenvalue weighted by Gasteiger charge is -2.23. The maximum atomic E-state index is 12.4. The summed E-state index contributed by atoms with van der Waals surface area (Å²) in [6.45, 7) is 14.3. The number of benzene rings is 1. The van der Waals surface area contributed by atoms with Gasteiger partial charge in [-0.3, -0.25) is 0 Å². The van der Waals surface area contributed by atoms with Crippen molar-refractivity contribution in [1.29, 1.82) is 0 Å². The minimum Gasteiger partial charge on any atom is -0.242 e. The summed E-state index contributed by atoms with van der Waals surface area (Å²) in [5.74, 6) is 0.535. The highest BCUT2D eigenvalue weighted by Gasteiger charge is 2.22. The van der Waals surface area contributed by atoms with Gasteiger partial charge in [-0.05, 0) is 56.6 Å². The van der Waals surface area contributed by atoms with E-state index in [-0.39, 0.29) is 10.8 Å². The van der Waals surface area contributed by atoms with Gasteiger partial charge in [0.15, 0.2) is 0 Å². The molecule has 0 bridgehead atoms. The first-order chi connectivity index (χ1) is 11.8. The van der Waals surface area contributed by atoms with Gasteiger partial charge in [-0.25, -0.2) is 8.93 Å². The molecule has 0 fully saturated rings. The predicted octanol–water partition coefficient (Wildman–Crippen LogP) is 5.98. The average molecular weight is 376 g/mol. The quantitative estimate of drug-likeness (QED) is 0.619. The van der Waals surface area contributed by atoms with E-state index in [2.05, 4.69) is 60.9 Å². The molecule has 0 aromatic heterocycles. The molecule has 1 aliphatic rings. The van der Waals surface area contributed by atoms with Crippen molar-refractivity contribution in [1.82, 2.24) is 4.72 Å². The lowest BCUT2D eigenvalue weighted by molar-refractivity contribution is 0.626. The Hall–Kier alpha value is -1.10. The first kappa shape index (κ1) is 20.2. The molecule has 1 heterocycles. The normalized spacial score (nSPS) is 20.4. The van der Waals surface area contributed by atoms with Crippen LogP contribution in [0.1, 0.15) is 58.2 Å². The summed E-state index contributed by atoms with van der Waals surface area (Å²) in [6.07, 6.45) is 5.23. The smallest absolute Gasteiger partial charge is 0.0978 e. The van der Waals surface area contributed by atoms with E-state index in [9.17, 15) is 4.21 Å². The number of nitrogens with one attached hydrogen (secondary N) is 1. The fourth-order valence-electron chi connectivity index (χ4n) is 2.73. The van der Waals surface area contributed by atoms with Gasteiger partial charge in [0.05, 0.1) is 21.8 Å². The van der Waals surface area contributed by atoms with E-state index in [0.717, 1.165) is 12.0 Å². The molecule has 0 saturated carbocycles. The van der Waals surface area contributed by atoms with E-state index in [0.29, 0.717) is 5.92 Å². The summed E-state index contributed by atoms with van der Waals surface area (Å²) in [6, 6.07) is 8.41. The first-order valence-electron chi connectivity index (χ1n) is 8.73. The van der Waals surface area contributed by atoms with Crippen molar-refractivity contribution in [2.45, 2.75) is 51.8 Å². The van der Waals surface area contributed by atoms with Gasteiger partial charge in [0.2, 0.25) is 0 Å². The second kappa shape index (κ2) is 8.52. The molecule has 0 aliphatic carbocycles. The molecular weight excluding hydrogens is 346 g/mol. The Labute approximate surface area is 159 Å². The molecule has 1 N–H and O–H groups in total. The molecule has 0 radical (unpaired) electrons. The molecular formula is C21H29NOS2. The third-order valence-electron chi connectivity index (χ3n) is 4.41. The van der Waals surface area contributed by atoms with Crippen LogP contribution in [0.25, 0.3) is 4.91 Å². The third kappa shape index (κ3) is 4.96. The SMILES string of the molecule is C=C[C@H](N[S@](=O)C(C)(C)C)c1ccc(C2=C(C)C(CC)C=CS2)cc1. The molecule has 1 aromatic carbocycles. The number of hydrogen-bond acceptors (Lipinski definition) is 2. The molecule has 3 atom stereocenters. The third-order valence-corrected chi connectivity index (χ3v) is 7.08. The van der Waals surface area contributed by atoms with E-state index in [4.69, 9.17) is 0 Å². The van der Waals surface area contributed by atoms with Gasteiger partial charge in [-0.1, -0.05) is 60.7 Å². The largest absolute Gasteiger partial charge is 0.242 e. The zero-order valence-electron chi connectivity index (χ0n) is 15.8. The minimum absolute atomic E-state index is 0.119. The Balaban J connectivity index is 2.21. The van der Waals surface area contributed by atoms with Crippen LogP contribution in [0.4, 0.5) is 0 Å². The van der Waals surface area contributed by atoms with Crippen LogP contribution in [0.5, 0.6) is 0 Å². The highest BCUT2D eigenvalue weighted by atomic mass is 32.2. The van der Waals surface area contributed by atoms with Crippen molar-refractivity contribution >= 4 is 27.7 Å². The lowest BCUT2D eigenvalue weighted by Crippen LogP contribution is -2.35. The van der Waals surface area contributed by atoms with E-state index < -0.39 is 11.0 Å². The number of hydrogen-bond donors (Lipinski definition) is 1. The molecule has 4 heteroatoms. The summed E-state index contributed by atoms with van der Waals surface area (Å²) in [5.41, 5.74) is 3.77. The van der Waals surface area contributed by atoms with Gasteiger partial charge in [0.25, 0.3) is 0 Å². The highest BCUT2D eigenvalue weighted by Crippen LogP contribution is 2.40. The minimum atomic E-state index is -1.13. The Morgan fingerprint density at radius 3 is 2.48 bits per heavy atom. The van der Waals surface area contributed by atoms with Crippen molar-refractivity contribution < 1.29 is 4.21 Å². The van der Waals surface area contributed by atoms with Crippen LogP contribution in [-0.4, -0.2) is 8.96 Å². The predicted molar refractivity (Wildman–Crippen MR) is 114 cm³/mol. The second-order valence-corrected chi connectivity index (χ2v) is 10.2. The first-order valence-corrected chi connectivity index (χ1v) is 10.8. The lowest BCUT2D eigenvalue weighted by atomic mass is 9.95. The molecule has 0 saturated heterocycles. The summed E-state index contributed by atoms with van der Waals surface area (Å²) in [4.78, 5) is 1.35. The maximum absolute atomic E-state index is 12.4. The zero-order chi connectivity index (χ0) is 18.6.